The number of allylic oxidation sites excluding steroid dienone is 2. The molecule has 174 valence electrons. The van der Waals surface area contributed by atoms with Crippen LogP contribution in [-0.4, -0.2) is 25.5 Å². The standard InChI is InChI=1S/C26H47NO3/c1-22-23(26(2,3)20-19-24(22)28)18-16-14-12-10-8-6-5-7-9-11-13-15-17-21-30-25(29)27-4/h5-21H2,1-4H3,(H,27,29). The van der Waals surface area contributed by atoms with E-state index in [1.54, 1.807) is 7.05 Å². The molecule has 0 atom stereocenters. The molecule has 0 radical (unpaired) electrons. The molecular formula is C26H47NO3. The van der Waals surface area contributed by atoms with Crippen molar-refractivity contribution in [3.05, 3.63) is 11.1 Å². The molecule has 4 heteroatoms. The molecule has 30 heavy (non-hydrogen) atoms. The normalized spacial score (nSPS) is 16.1. The van der Waals surface area contributed by atoms with Gasteiger partial charge in [-0.15, -0.1) is 0 Å². The summed E-state index contributed by atoms with van der Waals surface area (Å²) in [5, 5.41) is 2.46. The Morgan fingerprint density at radius 2 is 1.33 bits per heavy atom. The molecule has 1 amide bonds. The second kappa shape index (κ2) is 15.5. The van der Waals surface area contributed by atoms with Gasteiger partial charge < -0.3 is 10.1 Å². The Labute approximate surface area is 185 Å². The van der Waals surface area contributed by atoms with Gasteiger partial charge in [-0.3, -0.25) is 4.79 Å². The lowest BCUT2D eigenvalue weighted by atomic mass is 9.70. The van der Waals surface area contributed by atoms with E-state index in [9.17, 15) is 9.59 Å². The van der Waals surface area contributed by atoms with E-state index in [1.165, 1.54) is 76.2 Å². The molecule has 1 aliphatic carbocycles. The summed E-state index contributed by atoms with van der Waals surface area (Å²) in [6.07, 6.45) is 19.2. The lowest BCUT2D eigenvalue weighted by molar-refractivity contribution is -0.116. The molecule has 1 rings (SSSR count). The highest BCUT2D eigenvalue weighted by Gasteiger charge is 2.31. The molecule has 0 heterocycles. The van der Waals surface area contributed by atoms with E-state index in [0.29, 0.717) is 12.4 Å². The molecule has 4 nitrogen and oxygen atoms in total. The number of unbranched alkanes of at least 4 members (excludes halogenated alkanes) is 12. The van der Waals surface area contributed by atoms with Crippen molar-refractivity contribution in [2.75, 3.05) is 13.7 Å². The van der Waals surface area contributed by atoms with Gasteiger partial charge in [-0.1, -0.05) is 90.0 Å². The predicted octanol–water partition coefficient (Wildman–Crippen LogP) is 7.51. The van der Waals surface area contributed by atoms with Gasteiger partial charge >= 0.3 is 6.09 Å². The molecule has 0 aromatic rings. The monoisotopic (exact) mass is 421 g/mol. The zero-order valence-electron chi connectivity index (χ0n) is 20.2. The fourth-order valence-corrected chi connectivity index (χ4v) is 4.55. The van der Waals surface area contributed by atoms with Crippen LogP contribution in [0.5, 0.6) is 0 Å². The molecule has 0 aromatic heterocycles. The Hall–Kier alpha value is -1.32. The van der Waals surface area contributed by atoms with Crippen molar-refractivity contribution in [1.29, 1.82) is 0 Å². The largest absolute Gasteiger partial charge is 0.450 e. The Morgan fingerprint density at radius 3 is 1.83 bits per heavy atom. The molecule has 0 saturated heterocycles. The first-order chi connectivity index (χ1) is 14.4. The number of hydrogen-bond acceptors (Lipinski definition) is 3. The second-order valence-corrected chi connectivity index (χ2v) is 9.64. The van der Waals surface area contributed by atoms with Crippen molar-refractivity contribution in [1.82, 2.24) is 5.32 Å². The summed E-state index contributed by atoms with van der Waals surface area (Å²) in [7, 11) is 1.59. The van der Waals surface area contributed by atoms with Crippen LogP contribution in [0.3, 0.4) is 0 Å². The Kier molecular flexibility index (Phi) is 13.8. The molecule has 0 saturated carbocycles. The van der Waals surface area contributed by atoms with Gasteiger partial charge in [0.1, 0.15) is 0 Å². The van der Waals surface area contributed by atoms with Crippen LogP contribution in [0.25, 0.3) is 0 Å². The number of Topliss-reactive ketones (excluding diaryl/α,β-unsaturated/α-hetero) is 1. The summed E-state index contributed by atoms with van der Waals surface area (Å²) in [5.74, 6) is 0.374. The first-order valence-electron chi connectivity index (χ1n) is 12.5. The van der Waals surface area contributed by atoms with Crippen LogP contribution in [-0.2, 0) is 9.53 Å². The average molecular weight is 422 g/mol. The van der Waals surface area contributed by atoms with E-state index in [-0.39, 0.29) is 11.5 Å². The van der Waals surface area contributed by atoms with Crippen LogP contribution in [0, 0.1) is 5.41 Å². The fourth-order valence-electron chi connectivity index (χ4n) is 4.55. The van der Waals surface area contributed by atoms with Crippen LogP contribution >= 0.6 is 0 Å². The van der Waals surface area contributed by atoms with Crippen molar-refractivity contribution >= 4 is 11.9 Å². The SMILES string of the molecule is CNC(=O)OCCCCCCCCCCCCCCCC1=C(C)C(=O)CCC1(C)C. The summed E-state index contributed by atoms with van der Waals surface area (Å²) >= 11 is 0. The minimum atomic E-state index is -0.327. The van der Waals surface area contributed by atoms with E-state index in [4.69, 9.17) is 4.74 Å². The number of nitrogens with one attached hydrogen (secondary N) is 1. The molecule has 0 bridgehead atoms. The topological polar surface area (TPSA) is 55.4 Å². The Balaban J connectivity index is 1.89. The number of carbonyl (C=O) groups excluding carboxylic acids is 2. The van der Waals surface area contributed by atoms with Crippen molar-refractivity contribution in [3.8, 4) is 0 Å². The van der Waals surface area contributed by atoms with Crippen LogP contribution in [0.2, 0.25) is 0 Å². The summed E-state index contributed by atoms with van der Waals surface area (Å²) in [5.41, 5.74) is 2.71. The summed E-state index contributed by atoms with van der Waals surface area (Å²) < 4.78 is 4.98. The number of ether oxygens (including phenoxy) is 1. The molecule has 0 aliphatic heterocycles. The van der Waals surface area contributed by atoms with Gasteiger partial charge in [-0.2, -0.15) is 0 Å². The number of amides is 1. The summed E-state index contributed by atoms with van der Waals surface area (Å²) in [6, 6.07) is 0. The van der Waals surface area contributed by atoms with E-state index < -0.39 is 0 Å². The van der Waals surface area contributed by atoms with Gasteiger partial charge in [0.15, 0.2) is 5.78 Å². The van der Waals surface area contributed by atoms with E-state index in [2.05, 4.69) is 19.2 Å². The summed E-state index contributed by atoms with van der Waals surface area (Å²) in [6.45, 7) is 7.19. The Bertz CT molecular complexity index is 536. The maximum absolute atomic E-state index is 12.0. The van der Waals surface area contributed by atoms with Gasteiger partial charge in [0.05, 0.1) is 6.61 Å². The van der Waals surface area contributed by atoms with Crippen LogP contribution in [0.15, 0.2) is 11.1 Å². The number of carbonyl (C=O) groups is 2. The lowest BCUT2D eigenvalue weighted by Crippen LogP contribution is -2.25. The molecule has 0 spiro atoms. The zero-order chi connectivity index (χ0) is 22.2. The smallest absolute Gasteiger partial charge is 0.406 e. The molecule has 0 unspecified atom stereocenters. The molecular weight excluding hydrogens is 374 g/mol. The molecule has 0 fully saturated rings. The number of alkyl carbamates (subject to hydrolysis) is 1. The van der Waals surface area contributed by atoms with Gasteiger partial charge in [0, 0.05) is 13.5 Å². The quantitative estimate of drug-likeness (QED) is 0.262. The van der Waals surface area contributed by atoms with Gasteiger partial charge in [-0.05, 0) is 43.6 Å². The van der Waals surface area contributed by atoms with Crippen LogP contribution in [0.4, 0.5) is 4.79 Å². The van der Waals surface area contributed by atoms with Crippen molar-refractivity contribution in [2.45, 2.75) is 124 Å². The van der Waals surface area contributed by atoms with Crippen LogP contribution < -0.4 is 5.32 Å². The van der Waals surface area contributed by atoms with Crippen molar-refractivity contribution < 1.29 is 14.3 Å². The van der Waals surface area contributed by atoms with E-state index in [1.807, 2.05) is 6.92 Å². The van der Waals surface area contributed by atoms with Crippen molar-refractivity contribution in [3.63, 3.8) is 0 Å². The van der Waals surface area contributed by atoms with Gasteiger partial charge in [-0.25, -0.2) is 4.79 Å². The Morgan fingerprint density at radius 1 is 0.867 bits per heavy atom. The van der Waals surface area contributed by atoms with Crippen molar-refractivity contribution in [2.24, 2.45) is 5.41 Å². The van der Waals surface area contributed by atoms with E-state index >= 15 is 0 Å². The molecule has 0 aromatic carbocycles. The first-order valence-corrected chi connectivity index (χ1v) is 12.5. The highest BCUT2D eigenvalue weighted by molar-refractivity contribution is 5.96. The fraction of sp³-hybridized carbons (Fsp3) is 0.846. The predicted molar refractivity (Wildman–Crippen MR) is 126 cm³/mol. The number of rotatable bonds is 16. The number of ketones is 1. The molecule has 1 aliphatic rings. The third-order valence-electron chi connectivity index (χ3n) is 6.67. The maximum Gasteiger partial charge on any atom is 0.406 e. The highest BCUT2D eigenvalue weighted by atomic mass is 16.5. The van der Waals surface area contributed by atoms with Gasteiger partial charge in [0.2, 0.25) is 0 Å². The van der Waals surface area contributed by atoms with E-state index in [0.717, 1.165) is 37.7 Å². The maximum atomic E-state index is 12.0. The average Bonchev–Trinajstić information content (AvgIpc) is 2.72. The lowest BCUT2D eigenvalue weighted by Gasteiger charge is -2.34. The minimum absolute atomic E-state index is 0.220. The first kappa shape index (κ1) is 26.7. The highest BCUT2D eigenvalue weighted by Crippen LogP contribution is 2.41. The zero-order valence-corrected chi connectivity index (χ0v) is 20.2. The third-order valence-corrected chi connectivity index (χ3v) is 6.67. The third kappa shape index (κ3) is 11.2. The van der Waals surface area contributed by atoms with Gasteiger partial charge in [0.25, 0.3) is 0 Å². The second-order valence-electron chi connectivity index (χ2n) is 9.64. The van der Waals surface area contributed by atoms with Crippen LogP contribution in [0.1, 0.15) is 124 Å². The minimum Gasteiger partial charge on any atom is -0.450 e. The molecule has 1 N–H and O–H groups in total. The number of hydrogen-bond donors (Lipinski definition) is 1. The summed E-state index contributed by atoms with van der Waals surface area (Å²) in [4.78, 5) is 22.9.